The minimum atomic E-state index is -0.909. The number of carbonyl (C=O) groups is 2. The first-order valence-electron chi connectivity index (χ1n) is 6.23. The van der Waals surface area contributed by atoms with Gasteiger partial charge in [0.25, 0.3) is 0 Å². The first-order chi connectivity index (χ1) is 8.20. The lowest BCUT2D eigenvalue weighted by Gasteiger charge is -2.32. The average molecular weight is 257 g/mol. The number of amides is 2. The van der Waals surface area contributed by atoms with Crippen molar-refractivity contribution in [2.24, 2.45) is 11.1 Å². The number of hydrogen-bond acceptors (Lipinski definition) is 3. The number of rotatable bonds is 3. The van der Waals surface area contributed by atoms with Crippen LogP contribution in [-0.4, -0.2) is 47.2 Å². The Balaban J connectivity index is 2.60. The molecule has 0 aromatic rings. The summed E-state index contributed by atoms with van der Waals surface area (Å²) in [5.41, 5.74) is 5.45. The van der Waals surface area contributed by atoms with Crippen molar-refractivity contribution in [3.8, 4) is 0 Å². The van der Waals surface area contributed by atoms with Gasteiger partial charge in [-0.25, -0.2) is 4.79 Å². The Bertz CT molecular complexity index is 325. The molecule has 0 aromatic carbocycles. The molecule has 1 saturated heterocycles. The summed E-state index contributed by atoms with van der Waals surface area (Å²) in [6, 6.07) is -0.577. The molecule has 1 fully saturated rings. The maximum atomic E-state index is 12.0. The van der Waals surface area contributed by atoms with Gasteiger partial charge in [0.1, 0.15) is 0 Å². The molecule has 18 heavy (non-hydrogen) atoms. The zero-order chi connectivity index (χ0) is 13.9. The largest absolute Gasteiger partial charge is 0.481 e. The Kier molecular flexibility index (Phi) is 4.56. The van der Waals surface area contributed by atoms with Crippen molar-refractivity contribution in [1.29, 1.82) is 0 Å². The molecule has 1 rings (SSSR count). The van der Waals surface area contributed by atoms with E-state index in [0.29, 0.717) is 13.1 Å². The Morgan fingerprint density at radius 3 is 2.50 bits per heavy atom. The SMILES string of the molecule is CC(C)(C)C(CC(=O)O)NC(=O)N1CCC(N)C1. The van der Waals surface area contributed by atoms with Crippen LogP contribution in [0.3, 0.4) is 0 Å². The van der Waals surface area contributed by atoms with E-state index >= 15 is 0 Å². The van der Waals surface area contributed by atoms with Crippen LogP contribution in [0.25, 0.3) is 0 Å². The molecule has 0 bridgehead atoms. The van der Waals surface area contributed by atoms with Crippen molar-refractivity contribution in [3.05, 3.63) is 0 Å². The summed E-state index contributed by atoms with van der Waals surface area (Å²) in [5, 5.41) is 11.7. The quantitative estimate of drug-likeness (QED) is 0.690. The number of aliphatic carboxylic acids is 1. The Hall–Kier alpha value is -1.30. The molecule has 4 N–H and O–H groups in total. The normalized spacial score (nSPS) is 21.8. The average Bonchev–Trinajstić information content (AvgIpc) is 2.61. The first-order valence-corrected chi connectivity index (χ1v) is 6.23. The predicted octanol–water partition coefficient (Wildman–Crippen LogP) is 0.618. The highest BCUT2D eigenvalue weighted by molar-refractivity contribution is 5.76. The van der Waals surface area contributed by atoms with Crippen molar-refractivity contribution in [1.82, 2.24) is 10.2 Å². The van der Waals surface area contributed by atoms with Gasteiger partial charge in [-0.2, -0.15) is 0 Å². The second-order valence-corrected chi connectivity index (χ2v) is 5.96. The molecule has 1 aliphatic rings. The van der Waals surface area contributed by atoms with Crippen molar-refractivity contribution in [3.63, 3.8) is 0 Å². The van der Waals surface area contributed by atoms with E-state index in [4.69, 9.17) is 10.8 Å². The fourth-order valence-corrected chi connectivity index (χ4v) is 1.96. The number of likely N-dealkylation sites (tertiary alicyclic amines) is 1. The monoisotopic (exact) mass is 257 g/mol. The van der Waals surface area contributed by atoms with Gasteiger partial charge in [0.2, 0.25) is 0 Å². The van der Waals surface area contributed by atoms with E-state index in [-0.39, 0.29) is 30.0 Å². The zero-order valence-corrected chi connectivity index (χ0v) is 11.3. The molecule has 1 aliphatic heterocycles. The van der Waals surface area contributed by atoms with Crippen LogP contribution in [0.1, 0.15) is 33.6 Å². The number of carboxylic acids is 1. The standard InChI is InChI=1S/C12H23N3O3/c1-12(2,3)9(6-10(16)17)14-11(18)15-5-4-8(13)7-15/h8-9H,4-7,13H2,1-3H3,(H,14,18)(H,16,17). The fourth-order valence-electron chi connectivity index (χ4n) is 1.96. The summed E-state index contributed by atoms with van der Waals surface area (Å²) < 4.78 is 0. The third kappa shape index (κ3) is 4.18. The van der Waals surface area contributed by atoms with Crippen LogP contribution in [0.2, 0.25) is 0 Å². The number of nitrogens with zero attached hydrogens (tertiary/aromatic N) is 1. The van der Waals surface area contributed by atoms with E-state index in [2.05, 4.69) is 5.32 Å². The third-order valence-corrected chi connectivity index (χ3v) is 3.23. The summed E-state index contributed by atoms with van der Waals surface area (Å²) in [6.07, 6.45) is 0.724. The topological polar surface area (TPSA) is 95.7 Å². The van der Waals surface area contributed by atoms with E-state index in [1.807, 2.05) is 20.8 Å². The highest BCUT2D eigenvalue weighted by atomic mass is 16.4. The molecule has 1 heterocycles. The van der Waals surface area contributed by atoms with E-state index in [9.17, 15) is 9.59 Å². The van der Waals surface area contributed by atoms with Crippen LogP contribution in [0.4, 0.5) is 4.79 Å². The van der Waals surface area contributed by atoms with Crippen molar-refractivity contribution in [2.45, 2.75) is 45.7 Å². The Morgan fingerprint density at radius 2 is 2.11 bits per heavy atom. The molecule has 2 atom stereocenters. The lowest BCUT2D eigenvalue weighted by atomic mass is 9.85. The molecule has 2 amide bonds. The molecule has 2 unspecified atom stereocenters. The van der Waals surface area contributed by atoms with E-state index in [0.717, 1.165) is 6.42 Å². The lowest BCUT2D eigenvalue weighted by molar-refractivity contribution is -0.138. The number of hydrogen-bond donors (Lipinski definition) is 3. The van der Waals surface area contributed by atoms with Gasteiger partial charge in [0.05, 0.1) is 6.42 Å². The van der Waals surface area contributed by atoms with Crippen LogP contribution in [0, 0.1) is 5.41 Å². The lowest BCUT2D eigenvalue weighted by Crippen LogP contribution is -2.50. The van der Waals surface area contributed by atoms with Crippen molar-refractivity contribution in [2.75, 3.05) is 13.1 Å². The van der Waals surface area contributed by atoms with Gasteiger partial charge in [-0.1, -0.05) is 20.8 Å². The molecule has 0 aliphatic carbocycles. The summed E-state index contributed by atoms with van der Waals surface area (Å²) in [5.74, 6) is -0.909. The highest BCUT2D eigenvalue weighted by Gasteiger charge is 2.31. The number of nitrogens with two attached hydrogens (primary N) is 1. The maximum absolute atomic E-state index is 12.0. The van der Waals surface area contributed by atoms with Crippen molar-refractivity contribution < 1.29 is 14.7 Å². The Labute approximate surface area is 108 Å². The number of carbonyl (C=O) groups excluding carboxylic acids is 1. The molecule has 6 nitrogen and oxygen atoms in total. The molecule has 0 aromatic heterocycles. The van der Waals surface area contributed by atoms with E-state index in [1.54, 1.807) is 4.90 Å². The summed E-state index contributed by atoms with van der Waals surface area (Å²) in [7, 11) is 0. The Morgan fingerprint density at radius 1 is 1.50 bits per heavy atom. The van der Waals surface area contributed by atoms with Crippen molar-refractivity contribution >= 4 is 12.0 Å². The molecule has 0 saturated carbocycles. The van der Waals surface area contributed by atoms with Gasteiger partial charge in [-0.15, -0.1) is 0 Å². The second kappa shape index (κ2) is 5.56. The number of urea groups is 1. The third-order valence-electron chi connectivity index (χ3n) is 3.23. The predicted molar refractivity (Wildman–Crippen MR) is 68.2 cm³/mol. The number of nitrogens with one attached hydrogen (secondary N) is 1. The van der Waals surface area contributed by atoms with E-state index < -0.39 is 5.97 Å². The second-order valence-electron chi connectivity index (χ2n) is 5.96. The van der Waals surface area contributed by atoms with Crippen LogP contribution in [0.5, 0.6) is 0 Å². The van der Waals surface area contributed by atoms with Gasteiger partial charge in [0, 0.05) is 25.2 Å². The molecule has 6 heteroatoms. The van der Waals surface area contributed by atoms with Crippen LogP contribution < -0.4 is 11.1 Å². The summed E-state index contributed by atoms with van der Waals surface area (Å²) in [6.45, 7) is 6.91. The van der Waals surface area contributed by atoms with Crippen LogP contribution in [-0.2, 0) is 4.79 Å². The van der Waals surface area contributed by atoms with Gasteiger partial charge in [-0.05, 0) is 11.8 Å². The summed E-state index contributed by atoms with van der Waals surface area (Å²) in [4.78, 5) is 24.5. The molecular formula is C12H23N3O3. The van der Waals surface area contributed by atoms with Crippen LogP contribution >= 0.6 is 0 Å². The zero-order valence-electron chi connectivity index (χ0n) is 11.3. The first kappa shape index (κ1) is 14.8. The summed E-state index contributed by atoms with van der Waals surface area (Å²) >= 11 is 0. The van der Waals surface area contributed by atoms with Crippen LogP contribution in [0.15, 0.2) is 0 Å². The minimum absolute atomic E-state index is 0.0308. The van der Waals surface area contributed by atoms with Gasteiger partial charge in [-0.3, -0.25) is 4.79 Å². The van der Waals surface area contributed by atoms with Gasteiger partial charge in [0.15, 0.2) is 0 Å². The minimum Gasteiger partial charge on any atom is -0.481 e. The number of carboxylic acid groups (broad SMARTS) is 1. The van der Waals surface area contributed by atoms with Gasteiger partial charge < -0.3 is 21.1 Å². The highest BCUT2D eigenvalue weighted by Crippen LogP contribution is 2.22. The smallest absolute Gasteiger partial charge is 0.317 e. The molecule has 0 radical (unpaired) electrons. The maximum Gasteiger partial charge on any atom is 0.317 e. The molecule has 0 spiro atoms. The fraction of sp³-hybridized carbons (Fsp3) is 0.833. The molecular weight excluding hydrogens is 234 g/mol. The molecule has 104 valence electrons. The van der Waals surface area contributed by atoms with E-state index in [1.165, 1.54) is 0 Å². The van der Waals surface area contributed by atoms with Gasteiger partial charge >= 0.3 is 12.0 Å².